The SMILES string of the molecule is CCNC(=O)CC(CN)N(C)C(C)c1ccccc1Cl. The van der Waals surface area contributed by atoms with Crippen LogP contribution in [0, 0.1) is 0 Å². The molecule has 0 saturated heterocycles. The highest BCUT2D eigenvalue weighted by Gasteiger charge is 2.23. The van der Waals surface area contributed by atoms with Gasteiger partial charge in [0.1, 0.15) is 0 Å². The molecule has 0 aliphatic heterocycles. The Morgan fingerprint density at radius 3 is 2.65 bits per heavy atom. The molecule has 0 heterocycles. The van der Waals surface area contributed by atoms with Crippen LogP contribution in [-0.2, 0) is 4.79 Å². The molecule has 0 aliphatic carbocycles. The van der Waals surface area contributed by atoms with Crippen LogP contribution in [0.1, 0.15) is 31.9 Å². The van der Waals surface area contributed by atoms with Crippen molar-refractivity contribution in [1.29, 1.82) is 0 Å². The molecule has 0 fully saturated rings. The molecule has 20 heavy (non-hydrogen) atoms. The summed E-state index contributed by atoms with van der Waals surface area (Å²) in [6, 6.07) is 7.85. The zero-order valence-electron chi connectivity index (χ0n) is 12.4. The molecule has 1 amide bonds. The van der Waals surface area contributed by atoms with E-state index in [4.69, 9.17) is 17.3 Å². The molecule has 4 nitrogen and oxygen atoms in total. The van der Waals surface area contributed by atoms with E-state index in [1.54, 1.807) is 0 Å². The molecular formula is C15H24ClN3O. The van der Waals surface area contributed by atoms with Crippen molar-refractivity contribution in [3.63, 3.8) is 0 Å². The number of carbonyl (C=O) groups excluding carboxylic acids is 1. The number of hydrogen-bond acceptors (Lipinski definition) is 3. The summed E-state index contributed by atoms with van der Waals surface area (Å²) in [4.78, 5) is 13.8. The van der Waals surface area contributed by atoms with Gasteiger partial charge in [0.05, 0.1) is 0 Å². The number of nitrogens with zero attached hydrogens (tertiary/aromatic N) is 1. The molecule has 2 unspecified atom stereocenters. The Labute approximate surface area is 126 Å². The van der Waals surface area contributed by atoms with Gasteiger partial charge in [-0.1, -0.05) is 29.8 Å². The van der Waals surface area contributed by atoms with Crippen LogP contribution in [0.2, 0.25) is 5.02 Å². The van der Waals surface area contributed by atoms with Crippen molar-refractivity contribution in [3.05, 3.63) is 34.9 Å². The van der Waals surface area contributed by atoms with Gasteiger partial charge in [0, 0.05) is 36.6 Å². The van der Waals surface area contributed by atoms with Gasteiger partial charge in [-0.3, -0.25) is 9.69 Å². The molecule has 0 saturated carbocycles. The van der Waals surface area contributed by atoms with Crippen molar-refractivity contribution < 1.29 is 4.79 Å². The second-order valence-corrected chi connectivity index (χ2v) is 5.32. The van der Waals surface area contributed by atoms with Gasteiger partial charge in [0.2, 0.25) is 5.91 Å². The van der Waals surface area contributed by atoms with E-state index in [9.17, 15) is 4.79 Å². The van der Waals surface area contributed by atoms with Crippen LogP contribution in [0.25, 0.3) is 0 Å². The van der Waals surface area contributed by atoms with Crippen molar-refractivity contribution in [2.75, 3.05) is 20.1 Å². The molecule has 0 bridgehead atoms. The quantitative estimate of drug-likeness (QED) is 0.811. The summed E-state index contributed by atoms with van der Waals surface area (Å²) < 4.78 is 0. The molecule has 0 aliphatic rings. The topological polar surface area (TPSA) is 58.4 Å². The van der Waals surface area contributed by atoms with Crippen LogP contribution < -0.4 is 11.1 Å². The van der Waals surface area contributed by atoms with Crippen LogP contribution >= 0.6 is 11.6 Å². The van der Waals surface area contributed by atoms with Gasteiger partial charge in [0.25, 0.3) is 0 Å². The van der Waals surface area contributed by atoms with E-state index >= 15 is 0 Å². The Kier molecular flexibility index (Phi) is 6.99. The molecule has 1 aromatic rings. The molecule has 0 spiro atoms. The van der Waals surface area contributed by atoms with E-state index in [0.29, 0.717) is 19.5 Å². The third-order valence-corrected chi connectivity index (χ3v) is 3.95. The third kappa shape index (κ3) is 4.47. The van der Waals surface area contributed by atoms with Crippen molar-refractivity contribution in [2.24, 2.45) is 5.73 Å². The molecular weight excluding hydrogens is 274 g/mol. The lowest BCUT2D eigenvalue weighted by molar-refractivity contribution is -0.122. The minimum absolute atomic E-state index is 0.00665. The molecule has 2 atom stereocenters. The van der Waals surface area contributed by atoms with Gasteiger partial charge in [0.15, 0.2) is 0 Å². The number of nitrogens with two attached hydrogens (primary N) is 1. The van der Waals surface area contributed by atoms with E-state index in [1.807, 2.05) is 38.2 Å². The summed E-state index contributed by atoms with van der Waals surface area (Å²) in [5, 5.41) is 3.54. The molecule has 3 N–H and O–H groups in total. The number of likely N-dealkylation sites (N-methyl/N-ethyl adjacent to an activating group) is 1. The lowest BCUT2D eigenvalue weighted by Gasteiger charge is -2.32. The third-order valence-electron chi connectivity index (χ3n) is 3.61. The molecule has 112 valence electrons. The van der Waals surface area contributed by atoms with Gasteiger partial charge in [-0.05, 0) is 32.5 Å². The van der Waals surface area contributed by atoms with Crippen molar-refractivity contribution in [1.82, 2.24) is 10.2 Å². The van der Waals surface area contributed by atoms with E-state index in [2.05, 4.69) is 17.1 Å². The average Bonchev–Trinajstić information content (AvgIpc) is 2.44. The van der Waals surface area contributed by atoms with Crippen LogP contribution in [0.5, 0.6) is 0 Å². The first-order valence-electron chi connectivity index (χ1n) is 6.94. The van der Waals surface area contributed by atoms with Gasteiger partial charge in [-0.15, -0.1) is 0 Å². The first-order chi connectivity index (χ1) is 9.51. The summed E-state index contributed by atoms with van der Waals surface area (Å²) in [5.74, 6) is 0.0289. The first kappa shape index (κ1) is 17.0. The second kappa shape index (κ2) is 8.25. The normalized spacial score (nSPS) is 14.1. The zero-order valence-corrected chi connectivity index (χ0v) is 13.2. The highest BCUT2D eigenvalue weighted by Crippen LogP contribution is 2.27. The highest BCUT2D eigenvalue weighted by atomic mass is 35.5. The number of rotatable bonds is 7. The molecule has 1 rings (SSSR count). The molecule has 0 aromatic heterocycles. The molecule has 1 aromatic carbocycles. The van der Waals surface area contributed by atoms with Crippen molar-refractivity contribution >= 4 is 17.5 Å². The van der Waals surface area contributed by atoms with Gasteiger partial charge in [-0.2, -0.15) is 0 Å². The maximum atomic E-state index is 11.7. The number of amides is 1. The smallest absolute Gasteiger partial charge is 0.221 e. The zero-order chi connectivity index (χ0) is 15.1. The Bertz CT molecular complexity index is 439. The van der Waals surface area contributed by atoms with Crippen LogP contribution in [0.3, 0.4) is 0 Å². The summed E-state index contributed by atoms with van der Waals surface area (Å²) in [5.41, 5.74) is 6.86. The Morgan fingerprint density at radius 2 is 2.10 bits per heavy atom. The predicted octanol–water partition coefficient (Wildman–Crippen LogP) is 2.19. The fourth-order valence-corrected chi connectivity index (χ4v) is 2.52. The summed E-state index contributed by atoms with van der Waals surface area (Å²) in [6.07, 6.45) is 0.398. The van der Waals surface area contributed by atoms with E-state index < -0.39 is 0 Å². The van der Waals surface area contributed by atoms with Gasteiger partial charge < -0.3 is 11.1 Å². The molecule has 5 heteroatoms. The molecule has 0 radical (unpaired) electrons. The number of carbonyl (C=O) groups is 1. The number of hydrogen-bond donors (Lipinski definition) is 2. The fourth-order valence-electron chi connectivity index (χ4n) is 2.23. The Morgan fingerprint density at radius 1 is 1.45 bits per heavy atom. The van der Waals surface area contributed by atoms with E-state index in [0.717, 1.165) is 10.6 Å². The highest BCUT2D eigenvalue weighted by molar-refractivity contribution is 6.31. The van der Waals surface area contributed by atoms with Crippen LogP contribution in [-0.4, -0.2) is 37.0 Å². The number of nitrogens with one attached hydrogen (secondary N) is 1. The van der Waals surface area contributed by atoms with Gasteiger partial charge >= 0.3 is 0 Å². The lowest BCUT2D eigenvalue weighted by Crippen LogP contribution is -2.43. The van der Waals surface area contributed by atoms with Crippen molar-refractivity contribution in [3.8, 4) is 0 Å². The van der Waals surface area contributed by atoms with Crippen molar-refractivity contribution in [2.45, 2.75) is 32.4 Å². The van der Waals surface area contributed by atoms with Crippen LogP contribution in [0.4, 0.5) is 0 Å². The summed E-state index contributed by atoms with van der Waals surface area (Å²) >= 11 is 6.23. The van der Waals surface area contributed by atoms with E-state index in [1.165, 1.54) is 0 Å². The van der Waals surface area contributed by atoms with E-state index in [-0.39, 0.29) is 18.0 Å². The maximum absolute atomic E-state index is 11.7. The fraction of sp³-hybridized carbons (Fsp3) is 0.533. The lowest BCUT2D eigenvalue weighted by atomic mass is 10.0. The number of benzene rings is 1. The maximum Gasteiger partial charge on any atom is 0.221 e. The Hall–Kier alpha value is -1.10. The Balaban J connectivity index is 2.77. The van der Waals surface area contributed by atoms with Crippen LogP contribution in [0.15, 0.2) is 24.3 Å². The number of halogens is 1. The minimum atomic E-state index is -0.00665. The largest absolute Gasteiger partial charge is 0.356 e. The standard InChI is InChI=1S/C15H24ClN3O/c1-4-18-15(20)9-12(10-17)19(3)11(2)13-7-5-6-8-14(13)16/h5-8,11-12H,4,9-10,17H2,1-3H3,(H,18,20). The summed E-state index contributed by atoms with van der Waals surface area (Å²) in [7, 11) is 1.98. The van der Waals surface area contributed by atoms with Gasteiger partial charge in [-0.25, -0.2) is 0 Å². The predicted molar refractivity (Wildman–Crippen MR) is 83.8 cm³/mol. The first-order valence-corrected chi connectivity index (χ1v) is 7.32. The minimum Gasteiger partial charge on any atom is -0.356 e. The summed E-state index contributed by atoms with van der Waals surface area (Å²) in [6.45, 7) is 5.05. The second-order valence-electron chi connectivity index (χ2n) is 4.91. The monoisotopic (exact) mass is 297 g/mol. The average molecular weight is 298 g/mol.